The van der Waals surface area contributed by atoms with Crippen LogP contribution in [-0.2, 0) is 11.3 Å². The van der Waals surface area contributed by atoms with Crippen LogP contribution in [0.25, 0.3) is 0 Å². The number of rotatable bonds is 5. The van der Waals surface area contributed by atoms with Crippen molar-refractivity contribution in [1.82, 2.24) is 5.32 Å². The van der Waals surface area contributed by atoms with Gasteiger partial charge in [-0.3, -0.25) is 4.79 Å². The first-order valence-corrected chi connectivity index (χ1v) is 5.76. The predicted molar refractivity (Wildman–Crippen MR) is 68.3 cm³/mol. The molecule has 0 aliphatic carbocycles. The lowest BCUT2D eigenvalue weighted by Crippen LogP contribution is -2.25. The van der Waals surface area contributed by atoms with Crippen LogP contribution < -0.4 is 15.8 Å². The van der Waals surface area contributed by atoms with Gasteiger partial charge in [-0.15, -0.1) is 0 Å². The van der Waals surface area contributed by atoms with Gasteiger partial charge in [0.1, 0.15) is 5.75 Å². The number of halogens is 1. The largest absolute Gasteiger partial charge is 0.496 e. The van der Waals surface area contributed by atoms with E-state index >= 15 is 0 Å². The Labute approximate surface area is 106 Å². The van der Waals surface area contributed by atoms with E-state index in [0.717, 1.165) is 16.9 Å². The van der Waals surface area contributed by atoms with Crippen LogP contribution in [0.2, 0.25) is 5.02 Å². The quantitative estimate of drug-likeness (QED) is 0.842. The molecule has 0 saturated carbocycles. The lowest BCUT2D eigenvalue weighted by molar-refractivity contribution is -0.121. The Morgan fingerprint density at radius 2 is 2.24 bits per heavy atom. The van der Waals surface area contributed by atoms with Crippen molar-refractivity contribution < 1.29 is 9.53 Å². The highest BCUT2D eigenvalue weighted by atomic mass is 35.5. The maximum Gasteiger partial charge on any atom is 0.221 e. The smallest absolute Gasteiger partial charge is 0.221 e. The molecule has 0 aromatic heterocycles. The molecule has 17 heavy (non-hydrogen) atoms. The summed E-state index contributed by atoms with van der Waals surface area (Å²) in [5.74, 6) is 0.645. The number of carbonyl (C=O) groups excluding carboxylic acids is 1. The van der Waals surface area contributed by atoms with Gasteiger partial charge in [0.2, 0.25) is 5.91 Å². The molecule has 1 aromatic rings. The second-order valence-corrected chi connectivity index (χ2v) is 4.14. The zero-order chi connectivity index (χ0) is 12.8. The molecule has 3 N–H and O–H groups in total. The number of nitrogens with two attached hydrogens (primary N) is 1. The Kier molecular flexibility index (Phi) is 5.25. The maximum atomic E-state index is 11.3. The molecule has 0 heterocycles. The summed E-state index contributed by atoms with van der Waals surface area (Å²) in [5, 5.41) is 3.42. The van der Waals surface area contributed by atoms with E-state index in [1.165, 1.54) is 0 Å². The average molecular weight is 257 g/mol. The lowest BCUT2D eigenvalue weighted by atomic mass is 10.1. The van der Waals surface area contributed by atoms with Crippen LogP contribution in [0.5, 0.6) is 5.75 Å². The number of carbonyl (C=O) groups is 1. The van der Waals surface area contributed by atoms with Gasteiger partial charge in [-0.25, -0.2) is 0 Å². The summed E-state index contributed by atoms with van der Waals surface area (Å²) < 4.78 is 5.24. The van der Waals surface area contributed by atoms with Gasteiger partial charge in [0.25, 0.3) is 0 Å². The Hall–Kier alpha value is -1.26. The number of hydrogen-bond acceptors (Lipinski definition) is 3. The van der Waals surface area contributed by atoms with Crippen molar-refractivity contribution in [3.63, 3.8) is 0 Å². The van der Waals surface area contributed by atoms with Crippen LogP contribution in [0.3, 0.4) is 0 Å². The third kappa shape index (κ3) is 3.91. The van der Waals surface area contributed by atoms with E-state index in [1.807, 2.05) is 13.0 Å². The first-order chi connectivity index (χ1) is 8.08. The molecule has 0 aliphatic rings. The van der Waals surface area contributed by atoms with Gasteiger partial charge < -0.3 is 15.8 Å². The predicted octanol–water partition coefficient (Wildman–Crippen LogP) is 1.62. The molecule has 0 spiro atoms. The molecule has 0 bridgehead atoms. The van der Waals surface area contributed by atoms with E-state index in [0.29, 0.717) is 24.5 Å². The summed E-state index contributed by atoms with van der Waals surface area (Å²) >= 11 is 6.03. The van der Waals surface area contributed by atoms with Crippen molar-refractivity contribution in [2.75, 3.05) is 13.7 Å². The molecule has 0 saturated heterocycles. The van der Waals surface area contributed by atoms with E-state index in [4.69, 9.17) is 22.1 Å². The summed E-state index contributed by atoms with van der Waals surface area (Å²) in [6.07, 6.45) is 0.321. The second kappa shape index (κ2) is 6.47. The fourth-order valence-corrected chi connectivity index (χ4v) is 1.62. The third-order valence-corrected chi connectivity index (χ3v) is 2.82. The highest BCUT2D eigenvalue weighted by molar-refractivity contribution is 6.31. The zero-order valence-electron chi connectivity index (χ0n) is 10.0. The van der Waals surface area contributed by atoms with Crippen LogP contribution in [-0.4, -0.2) is 19.6 Å². The van der Waals surface area contributed by atoms with E-state index in [9.17, 15) is 4.79 Å². The SMILES string of the molecule is COc1cc(C)c(Cl)cc1CNC(=O)CCN. The standard InChI is InChI=1S/C12H17ClN2O2/c1-8-5-11(17-2)9(6-10(8)13)7-15-12(16)3-4-14/h5-6H,3-4,7,14H2,1-2H3,(H,15,16). The van der Waals surface area contributed by atoms with Crippen LogP contribution >= 0.6 is 11.6 Å². The van der Waals surface area contributed by atoms with E-state index in [-0.39, 0.29) is 5.91 Å². The molecule has 0 radical (unpaired) electrons. The number of amides is 1. The van der Waals surface area contributed by atoms with Crippen LogP contribution in [0, 0.1) is 6.92 Å². The number of benzene rings is 1. The molecule has 0 fully saturated rings. The molecule has 1 rings (SSSR count). The van der Waals surface area contributed by atoms with Gasteiger partial charge in [-0.2, -0.15) is 0 Å². The van der Waals surface area contributed by atoms with Crippen molar-refractivity contribution in [1.29, 1.82) is 0 Å². The number of aryl methyl sites for hydroxylation is 1. The van der Waals surface area contributed by atoms with Crippen LogP contribution in [0.15, 0.2) is 12.1 Å². The number of methoxy groups -OCH3 is 1. The molecule has 5 heteroatoms. The topological polar surface area (TPSA) is 64.3 Å². The summed E-state index contributed by atoms with van der Waals surface area (Å²) in [4.78, 5) is 11.3. The zero-order valence-corrected chi connectivity index (χ0v) is 10.8. The Morgan fingerprint density at radius 3 is 2.82 bits per heavy atom. The van der Waals surface area contributed by atoms with Crippen LogP contribution in [0.4, 0.5) is 0 Å². The van der Waals surface area contributed by atoms with E-state index in [1.54, 1.807) is 13.2 Å². The minimum Gasteiger partial charge on any atom is -0.496 e. The van der Waals surface area contributed by atoms with Gasteiger partial charge in [-0.05, 0) is 24.6 Å². The highest BCUT2D eigenvalue weighted by Crippen LogP contribution is 2.26. The van der Waals surface area contributed by atoms with Crippen molar-refractivity contribution >= 4 is 17.5 Å². The minimum atomic E-state index is -0.0775. The van der Waals surface area contributed by atoms with E-state index in [2.05, 4.69) is 5.32 Å². The number of ether oxygens (including phenoxy) is 1. The molecular weight excluding hydrogens is 240 g/mol. The van der Waals surface area contributed by atoms with Crippen molar-refractivity contribution in [3.05, 3.63) is 28.3 Å². The summed E-state index contributed by atoms with van der Waals surface area (Å²) in [5.41, 5.74) is 7.09. The molecule has 1 amide bonds. The van der Waals surface area contributed by atoms with Gasteiger partial charge in [-0.1, -0.05) is 11.6 Å². The monoisotopic (exact) mass is 256 g/mol. The molecule has 0 atom stereocenters. The van der Waals surface area contributed by atoms with E-state index < -0.39 is 0 Å². The number of nitrogens with one attached hydrogen (secondary N) is 1. The Morgan fingerprint density at radius 1 is 1.53 bits per heavy atom. The van der Waals surface area contributed by atoms with Crippen molar-refractivity contribution in [2.24, 2.45) is 5.73 Å². The van der Waals surface area contributed by atoms with Crippen molar-refractivity contribution in [2.45, 2.75) is 19.9 Å². The normalized spacial score (nSPS) is 10.1. The summed E-state index contributed by atoms with van der Waals surface area (Å²) in [6.45, 7) is 2.64. The molecule has 0 unspecified atom stereocenters. The van der Waals surface area contributed by atoms with Gasteiger partial charge in [0.15, 0.2) is 0 Å². The van der Waals surface area contributed by atoms with Gasteiger partial charge in [0, 0.05) is 30.1 Å². The van der Waals surface area contributed by atoms with Gasteiger partial charge >= 0.3 is 0 Å². The lowest BCUT2D eigenvalue weighted by Gasteiger charge is -2.11. The van der Waals surface area contributed by atoms with Gasteiger partial charge in [0.05, 0.1) is 7.11 Å². The maximum absolute atomic E-state index is 11.3. The second-order valence-electron chi connectivity index (χ2n) is 3.73. The highest BCUT2D eigenvalue weighted by Gasteiger charge is 2.08. The molecule has 94 valence electrons. The summed E-state index contributed by atoms with van der Waals surface area (Å²) in [6, 6.07) is 3.66. The fraction of sp³-hybridized carbons (Fsp3) is 0.417. The minimum absolute atomic E-state index is 0.0775. The molecule has 0 aliphatic heterocycles. The molecular formula is C12H17ClN2O2. The number of hydrogen-bond donors (Lipinski definition) is 2. The third-order valence-electron chi connectivity index (χ3n) is 2.41. The fourth-order valence-electron chi connectivity index (χ4n) is 1.44. The average Bonchev–Trinajstić information content (AvgIpc) is 2.30. The molecule has 1 aromatic carbocycles. The summed E-state index contributed by atoms with van der Waals surface area (Å²) in [7, 11) is 1.59. The molecule has 4 nitrogen and oxygen atoms in total. The first kappa shape index (κ1) is 13.8. The van der Waals surface area contributed by atoms with Crippen LogP contribution in [0.1, 0.15) is 17.5 Å². The van der Waals surface area contributed by atoms with Crippen molar-refractivity contribution in [3.8, 4) is 5.75 Å². The Balaban J connectivity index is 2.76. The Bertz CT molecular complexity index is 408. The first-order valence-electron chi connectivity index (χ1n) is 5.38.